The number of carbonyl (C=O) groups excluding carboxylic acids is 1. The van der Waals surface area contributed by atoms with Gasteiger partial charge in [0.25, 0.3) is 0 Å². The van der Waals surface area contributed by atoms with Crippen LogP contribution in [0.3, 0.4) is 0 Å². The Hall–Kier alpha value is -3.85. The monoisotopic (exact) mass is 475 g/mol. The molecule has 0 atom stereocenters. The molecule has 0 bridgehead atoms. The normalized spacial score (nSPS) is 10.6. The number of nitrogens with zero attached hydrogens (tertiary/aromatic N) is 4. The van der Waals surface area contributed by atoms with Crippen molar-refractivity contribution < 1.29 is 14.3 Å². The van der Waals surface area contributed by atoms with E-state index < -0.39 is 0 Å². The van der Waals surface area contributed by atoms with Crippen LogP contribution in [-0.2, 0) is 4.79 Å². The lowest BCUT2D eigenvalue weighted by molar-refractivity contribution is -0.113. The number of pyridine rings is 1. The van der Waals surface area contributed by atoms with Gasteiger partial charge < -0.3 is 14.8 Å². The van der Waals surface area contributed by atoms with E-state index in [-0.39, 0.29) is 11.7 Å². The molecule has 0 unspecified atom stereocenters. The number of benzene rings is 2. The first-order chi connectivity index (χ1) is 16.7. The minimum Gasteiger partial charge on any atom is -0.490 e. The van der Waals surface area contributed by atoms with Crippen LogP contribution in [0.2, 0.25) is 0 Å². The number of ether oxygens (including phenoxy) is 2. The fraction of sp³-hybridized carbons (Fsp3) is 0.200. The minimum atomic E-state index is -0.165. The number of hydrogen-bond acceptors (Lipinski definition) is 7. The Bertz CT molecular complexity index is 1230. The van der Waals surface area contributed by atoms with E-state index in [1.54, 1.807) is 30.6 Å². The Kier molecular flexibility index (Phi) is 7.77. The van der Waals surface area contributed by atoms with Crippen LogP contribution in [0.25, 0.3) is 17.1 Å². The van der Waals surface area contributed by atoms with Crippen molar-refractivity contribution in [1.29, 1.82) is 0 Å². The number of aromatic nitrogens is 4. The van der Waals surface area contributed by atoms with Gasteiger partial charge in [-0.25, -0.2) is 0 Å². The summed E-state index contributed by atoms with van der Waals surface area (Å²) in [6.45, 7) is 4.85. The molecule has 2 heterocycles. The highest BCUT2D eigenvalue weighted by molar-refractivity contribution is 7.99. The number of nitrogens with one attached hydrogen (secondary N) is 1. The summed E-state index contributed by atoms with van der Waals surface area (Å²) in [6.07, 6.45) is 3.46. The van der Waals surface area contributed by atoms with Crippen molar-refractivity contribution in [3.05, 3.63) is 73.1 Å². The summed E-state index contributed by atoms with van der Waals surface area (Å²) in [6, 6.07) is 18.9. The first-order valence-corrected chi connectivity index (χ1v) is 11.9. The van der Waals surface area contributed by atoms with Crippen LogP contribution in [0.15, 0.2) is 78.2 Å². The molecule has 4 aromatic rings. The Morgan fingerprint density at radius 3 is 2.50 bits per heavy atom. The molecule has 0 saturated heterocycles. The first-order valence-electron chi connectivity index (χ1n) is 10.9. The van der Waals surface area contributed by atoms with Gasteiger partial charge in [-0.1, -0.05) is 30.0 Å². The largest absolute Gasteiger partial charge is 0.490 e. The summed E-state index contributed by atoms with van der Waals surface area (Å²) >= 11 is 1.31. The molecular formula is C25H25N5O3S. The van der Waals surface area contributed by atoms with Crippen LogP contribution in [0.1, 0.15) is 13.8 Å². The van der Waals surface area contributed by atoms with Gasteiger partial charge in [-0.2, -0.15) is 0 Å². The number of thioether (sulfide) groups is 1. The number of rotatable bonds is 10. The molecule has 1 amide bonds. The molecule has 0 aliphatic rings. The Morgan fingerprint density at radius 1 is 0.971 bits per heavy atom. The average Bonchev–Trinajstić information content (AvgIpc) is 3.30. The molecule has 34 heavy (non-hydrogen) atoms. The van der Waals surface area contributed by atoms with Gasteiger partial charge in [0.2, 0.25) is 5.91 Å². The molecule has 8 nitrogen and oxygen atoms in total. The van der Waals surface area contributed by atoms with Gasteiger partial charge in [-0.15, -0.1) is 10.2 Å². The van der Waals surface area contributed by atoms with Crippen LogP contribution >= 0.6 is 11.8 Å². The van der Waals surface area contributed by atoms with Crippen LogP contribution in [0, 0.1) is 0 Å². The summed E-state index contributed by atoms with van der Waals surface area (Å²) in [5.74, 6) is 1.91. The Balaban J connectivity index is 1.51. The SMILES string of the molecule is CCOc1ccc(NC(=O)CSc2nnc(-c3cccnc3)n2-c2ccccc2)cc1OCC. The standard InChI is InChI=1S/C25H25N5O3S/c1-3-32-21-13-12-19(15-22(21)33-4-2)27-23(31)17-34-25-29-28-24(18-9-8-14-26-16-18)30(25)20-10-6-5-7-11-20/h5-16H,3-4,17H2,1-2H3,(H,27,31). The van der Waals surface area contributed by atoms with Crippen molar-refractivity contribution in [3.63, 3.8) is 0 Å². The number of carbonyl (C=O) groups is 1. The zero-order valence-corrected chi connectivity index (χ0v) is 19.8. The molecule has 0 radical (unpaired) electrons. The van der Waals surface area contributed by atoms with Crippen molar-refractivity contribution in [1.82, 2.24) is 19.7 Å². The second-order valence-electron chi connectivity index (χ2n) is 7.08. The zero-order valence-electron chi connectivity index (χ0n) is 19.0. The fourth-order valence-electron chi connectivity index (χ4n) is 3.31. The molecule has 0 saturated carbocycles. The van der Waals surface area contributed by atoms with E-state index >= 15 is 0 Å². The Labute approximate surface area is 202 Å². The van der Waals surface area contributed by atoms with Gasteiger partial charge in [-0.05, 0) is 50.2 Å². The molecule has 4 rings (SSSR count). The number of amides is 1. The average molecular weight is 476 g/mol. The van der Waals surface area contributed by atoms with Crippen LogP contribution in [0.5, 0.6) is 11.5 Å². The summed E-state index contributed by atoms with van der Waals surface area (Å²) < 4.78 is 13.2. The first kappa shape index (κ1) is 23.3. The molecule has 0 aliphatic carbocycles. The van der Waals surface area contributed by atoms with Crippen molar-refractivity contribution >= 4 is 23.4 Å². The van der Waals surface area contributed by atoms with E-state index in [9.17, 15) is 4.79 Å². The molecule has 0 spiro atoms. The van der Waals surface area contributed by atoms with Crippen molar-refractivity contribution in [2.75, 3.05) is 24.3 Å². The van der Waals surface area contributed by atoms with Gasteiger partial charge in [0.05, 0.1) is 19.0 Å². The quantitative estimate of drug-likeness (QED) is 0.328. The van der Waals surface area contributed by atoms with Crippen molar-refractivity contribution in [2.24, 2.45) is 0 Å². The second-order valence-corrected chi connectivity index (χ2v) is 8.03. The molecule has 0 aliphatic heterocycles. The maximum Gasteiger partial charge on any atom is 0.234 e. The highest BCUT2D eigenvalue weighted by Crippen LogP contribution is 2.31. The molecule has 2 aromatic heterocycles. The van der Waals surface area contributed by atoms with Crippen LogP contribution in [-0.4, -0.2) is 44.6 Å². The van der Waals surface area contributed by atoms with E-state index in [0.717, 1.165) is 11.3 Å². The third kappa shape index (κ3) is 5.55. The predicted molar refractivity (Wildman–Crippen MR) is 133 cm³/mol. The summed E-state index contributed by atoms with van der Waals surface area (Å²) in [7, 11) is 0. The van der Waals surface area contributed by atoms with E-state index in [4.69, 9.17) is 9.47 Å². The summed E-state index contributed by atoms with van der Waals surface area (Å²) in [5, 5.41) is 12.3. The summed E-state index contributed by atoms with van der Waals surface area (Å²) in [5.41, 5.74) is 2.38. The van der Waals surface area contributed by atoms with Crippen LogP contribution < -0.4 is 14.8 Å². The molecular weight excluding hydrogens is 450 g/mol. The van der Waals surface area contributed by atoms with Gasteiger partial charge >= 0.3 is 0 Å². The molecule has 2 aromatic carbocycles. The Morgan fingerprint density at radius 2 is 1.76 bits per heavy atom. The third-order valence-electron chi connectivity index (χ3n) is 4.73. The number of para-hydroxylation sites is 1. The molecule has 174 valence electrons. The predicted octanol–water partition coefficient (Wildman–Crippen LogP) is 4.86. The van der Waals surface area contributed by atoms with E-state index in [1.807, 2.05) is 60.9 Å². The topological polar surface area (TPSA) is 91.2 Å². The lowest BCUT2D eigenvalue weighted by atomic mass is 10.2. The minimum absolute atomic E-state index is 0.162. The zero-order chi connectivity index (χ0) is 23.8. The van der Waals surface area contributed by atoms with Gasteiger partial charge in [0, 0.05) is 35.4 Å². The van der Waals surface area contributed by atoms with E-state index in [2.05, 4.69) is 20.5 Å². The van der Waals surface area contributed by atoms with Gasteiger partial charge in [-0.3, -0.25) is 14.3 Å². The van der Waals surface area contributed by atoms with Gasteiger partial charge in [0.1, 0.15) is 0 Å². The summed E-state index contributed by atoms with van der Waals surface area (Å²) in [4.78, 5) is 16.9. The highest BCUT2D eigenvalue weighted by Gasteiger charge is 2.17. The van der Waals surface area contributed by atoms with E-state index in [0.29, 0.717) is 41.4 Å². The van der Waals surface area contributed by atoms with Crippen LogP contribution in [0.4, 0.5) is 5.69 Å². The van der Waals surface area contributed by atoms with Crippen molar-refractivity contribution in [3.8, 4) is 28.6 Å². The molecule has 1 N–H and O–H groups in total. The number of hydrogen-bond donors (Lipinski definition) is 1. The lowest BCUT2D eigenvalue weighted by Gasteiger charge is -2.13. The lowest BCUT2D eigenvalue weighted by Crippen LogP contribution is -2.15. The maximum absolute atomic E-state index is 12.7. The highest BCUT2D eigenvalue weighted by atomic mass is 32.2. The number of anilines is 1. The van der Waals surface area contributed by atoms with Crippen molar-refractivity contribution in [2.45, 2.75) is 19.0 Å². The fourth-order valence-corrected chi connectivity index (χ4v) is 4.06. The van der Waals surface area contributed by atoms with Gasteiger partial charge in [0.15, 0.2) is 22.5 Å². The third-order valence-corrected chi connectivity index (χ3v) is 5.66. The smallest absolute Gasteiger partial charge is 0.234 e. The second kappa shape index (κ2) is 11.3. The maximum atomic E-state index is 12.7. The molecule has 9 heteroatoms. The van der Waals surface area contributed by atoms with E-state index in [1.165, 1.54) is 11.8 Å². The molecule has 0 fully saturated rings.